The van der Waals surface area contributed by atoms with Crippen LogP contribution in [0.5, 0.6) is 0 Å². The third kappa shape index (κ3) is 3.46. The lowest BCUT2D eigenvalue weighted by Gasteiger charge is -2.15. The van der Waals surface area contributed by atoms with Gasteiger partial charge in [-0.1, -0.05) is 18.2 Å². The molecule has 0 unspecified atom stereocenters. The van der Waals surface area contributed by atoms with E-state index >= 15 is 0 Å². The molecule has 4 heterocycles. The second-order valence-electron chi connectivity index (χ2n) is 9.40. The molecule has 0 spiro atoms. The molecule has 2 aromatic carbocycles. The summed E-state index contributed by atoms with van der Waals surface area (Å²) in [6.07, 6.45) is 7.35. The van der Waals surface area contributed by atoms with Crippen molar-refractivity contribution in [3.8, 4) is 28.5 Å². The Balaban J connectivity index is 1.52. The van der Waals surface area contributed by atoms with Crippen molar-refractivity contribution >= 4 is 21.8 Å². The summed E-state index contributed by atoms with van der Waals surface area (Å²) in [5, 5.41) is 16.0. The van der Waals surface area contributed by atoms with Crippen LogP contribution in [0, 0.1) is 17.2 Å². The fraction of sp³-hybridized carbons (Fsp3) is 0.250. The van der Waals surface area contributed by atoms with E-state index < -0.39 is 0 Å². The van der Waals surface area contributed by atoms with E-state index in [0.29, 0.717) is 11.5 Å². The van der Waals surface area contributed by atoms with Gasteiger partial charge in [0.25, 0.3) is 0 Å². The van der Waals surface area contributed by atoms with Crippen molar-refractivity contribution in [2.75, 3.05) is 20.1 Å². The van der Waals surface area contributed by atoms with Gasteiger partial charge in [-0.05, 0) is 61.8 Å². The Hall–Kier alpha value is -3.95. The van der Waals surface area contributed by atoms with Gasteiger partial charge in [-0.25, -0.2) is 0 Å². The van der Waals surface area contributed by atoms with Gasteiger partial charge in [0, 0.05) is 48.2 Å². The minimum Gasteiger partial charge on any atom is -0.346 e. The number of rotatable bonds is 4. The zero-order valence-electron chi connectivity index (χ0n) is 19.4. The average Bonchev–Trinajstić information content (AvgIpc) is 3.57. The number of aryl methyl sites for hydroxylation is 1. The lowest BCUT2D eigenvalue weighted by molar-refractivity contribution is 0.380. The van der Waals surface area contributed by atoms with Gasteiger partial charge in [0.15, 0.2) is 0 Å². The Morgan fingerprint density at radius 2 is 1.82 bits per heavy atom. The Morgan fingerprint density at radius 3 is 2.59 bits per heavy atom. The first-order valence-electron chi connectivity index (χ1n) is 11.7. The molecular formula is C28H26N6. The first-order chi connectivity index (χ1) is 16.6. The maximum Gasteiger partial charge on any atom is 0.0991 e. The summed E-state index contributed by atoms with van der Waals surface area (Å²) in [5.41, 5.74) is 7.08. The number of benzene rings is 2. The van der Waals surface area contributed by atoms with Crippen LogP contribution in [0.15, 0.2) is 67.1 Å². The van der Waals surface area contributed by atoms with Crippen molar-refractivity contribution in [2.24, 2.45) is 13.0 Å². The molecule has 1 aliphatic heterocycles. The second kappa shape index (κ2) is 8.12. The third-order valence-electron chi connectivity index (χ3n) is 7.09. The largest absolute Gasteiger partial charge is 0.346 e. The van der Waals surface area contributed by atoms with E-state index in [0.717, 1.165) is 51.9 Å². The number of likely N-dealkylation sites (tertiary alicyclic amines) is 1. The van der Waals surface area contributed by atoms with Crippen LogP contribution in [0.3, 0.4) is 0 Å². The zero-order chi connectivity index (χ0) is 23.2. The summed E-state index contributed by atoms with van der Waals surface area (Å²) in [6, 6.07) is 18.7. The Bertz CT molecular complexity index is 1550. The number of hydrogen-bond acceptors (Lipinski definition) is 4. The predicted molar refractivity (Wildman–Crippen MR) is 135 cm³/mol. The lowest BCUT2D eigenvalue weighted by Crippen LogP contribution is -2.16. The quantitative estimate of drug-likeness (QED) is 0.386. The van der Waals surface area contributed by atoms with Crippen molar-refractivity contribution in [3.63, 3.8) is 0 Å². The van der Waals surface area contributed by atoms with E-state index in [2.05, 4.69) is 58.1 Å². The molecule has 0 aliphatic carbocycles. The smallest absolute Gasteiger partial charge is 0.0991 e. The molecule has 168 valence electrons. The molecule has 6 heteroatoms. The summed E-state index contributed by atoms with van der Waals surface area (Å²) in [5.74, 6) is 0.659. The fourth-order valence-corrected chi connectivity index (χ4v) is 5.30. The van der Waals surface area contributed by atoms with Crippen molar-refractivity contribution in [1.82, 2.24) is 24.2 Å². The number of hydrogen-bond donors (Lipinski definition) is 0. The molecule has 3 aromatic heterocycles. The number of nitriles is 1. The van der Waals surface area contributed by atoms with Crippen LogP contribution >= 0.6 is 0 Å². The van der Waals surface area contributed by atoms with E-state index in [1.54, 1.807) is 0 Å². The van der Waals surface area contributed by atoms with Crippen LogP contribution in [-0.2, 0) is 13.6 Å². The van der Waals surface area contributed by atoms with Gasteiger partial charge >= 0.3 is 0 Å². The molecule has 0 bridgehead atoms. The molecule has 0 radical (unpaired) electrons. The molecule has 1 aliphatic rings. The van der Waals surface area contributed by atoms with E-state index in [1.807, 2.05) is 48.4 Å². The van der Waals surface area contributed by atoms with Gasteiger partial charge in [-0.15, -0.1) is 0 Å². The first-order valence-corrected chi connectivity index (χ1v) is 11.7. The van der Waals surface area contributed by atoms with Crippen molar-refractivity contribution < 1.29 is 0 Å². The predicted octanol–water partition coefficient (Wildman–Crippen LogP) is 5.08. The normalized spacial score (nSPS) is 16.4. The SMILES string of the molecule is CN1CC[C@@H](Cn2ccc3c(-c4ccc(C#N)cc4)c(-c4ccc5c(cnn5C)c4)ncc32)C1. The average molecular weight is 447 g/mol. The summed E-state index contributed by atoms with van der Waals surface area (Å²) in [6.45, 7) is 3.31. The minimum absolute atomic E-state index is 0.658. The molecule has 6 nitrogen and oxygen atoms in total. The van der Waals surface area contributed by atoms with Crippen molar-refractivity contribution in [1.29, 1.82) is 5.26 Å². The third-order valence-corrected chi connectivity index (χ3v) is 7.09. The topological polar surface area (TPSA) is 62.7 Å². The highest BCUT2D eigenvalue weighted by Gasteiger charge is 2.22. The van der Waals surface area contributed by atoms with Gasteiger partial charge in [0.2, 0.25) is 0 Å². The standard InChI is InChI=1S/C28H26N6/c1-32-11-9-20(17-32)18-34-12-10-24-26(34)16-30-28(27(24)21-5-3-19(14-29)4-6-21)22-7-8-25-23(13-22)15-31-33(25)2/h3-8,10,12-13,15-16,20H,9,11,17-18H2,1-2H3/t20-/m1/s1. The number of nitrogens with zero attached hydrogens (tertiary/aromatic N) is 6. The molecular weight excluding hydrogens is 420 g/mol. The van der Waals surface area contributed by atoms with Gasteiger partial charge in [-0.3, -0.25) is 9.67 Å². The molecule has 0 amide bonds. The van der Waals surface area contributed by atoms with E-state index in [4.69, 9.17) is 4.98 Å². The van der Waals surface area contributed by atoms with Gasteiger partial charge < -0.3 is 9.47 Å². The van der Waals surface area contributed by atoms with Crippen LogP contribution in [0.4, 0.5) is 0 Å². The lowest BCUT2D eigenvalue weighted by atomic mass is 9.95. The van der Waals surface area contributed by atoms with Crippen LogP contribution in [-0.4, -0.2) is 44.4 Å². The Labute approximate surface area is 198 Å². The summed E-state index contributed by atoms with van der Waals surface area (Å²) >= 11 is 0. The molecule has 0 N–H and O–H groups in total. The van der Waals surface area contributed by atoms with Crippen LogP contribution in [0.1, 0.15) is 12.0 Å². The highest BCUT2D eigenvalue weighted by Crippen LogP contribution is 2.38. The highest BCUT2D eigenvalue weighted by atomic mass is 15.2. The van der Waals surface area contributed by atoms with Gasteiger partial charge in [-0.2, -0.15) is 10.4 Å². The summed E-state index contributed by atoms with van der Waals surface area (Å²) in [7, 11) is 4.16. The monoisotopic (exact) mass is 446 g/mol. The van der Waals surface area contributed by atoms with E-state index in [1.165, 1.54) is 18.4 Å². The van der Waals surface area contributed by atoms with E-state index in [9.17, 15) is 5.26 Å². The summed E-state index contributed by atoms with van der Waals surface area (Å²) < 4.78 is 4.24. The molecule has 5 aromatic rings. The number of aromatic nitrogens is 4. The van der Waals surface area contributed by atoms with Crippen LogP contribution < -0.4 is 0 Å². The van der Waals surface area contributed by atoms with Crippen molar-refractivity contribution in [2.45, 2.75) is 13.0 Å². The van der Waals surface area contributed by atoms with Gasteiger partial charge in [0.1, 0.15) is 0 Å². The van der Waals surface area contributed by atoms with Crippen molar-refractivity contribution in [3.05, 3.63) is 72.7 Å². The fourth-order valence-electron chi connectivity index (χ4n) is 5.30. The zero-order valence-corrected chi connectivity index (χ0v) is 19.4. The molecule has 1 atom stereocenters. The Morgan fingerprint density at radius 1 is 1.00 bits per heavy atom. The molecule has 6 rings (SSSR count). The highest BCUT2D eigenvalue weighted by molar-refractivity contribution is 6.02. The van der Waals surface area contributed by atoms with Crippen LogP contribution in [0.25, 0.3) is 44.2 Å². The molecule has 34 heavy (non-hydrogen) atoms. The van der Waals surface area contributed by atoms with E-state index in [-0.39, 0.29) is 0 Å². The maximum absolute atomic E-state index is 9.29. The molecule has 1 saturated heterocycles. The second-order valence-corrected chi connectivity index (χ2v) is 9.40. The Kier molecular flexibility index (Phi) is 4.93. The maximum atomic E-state index is 9.29. The summed E-state index contributed by atoms with van der Waals surface area (Å²) in [4.78, 5) is 7.41. The molecule has 0 saturated carbocycles. The van der Waals surface area contributed by atoms with Gasteiger partial charge in [0.05, 0.1) is 40.8 Å². The number of fused-ring (bicyclic) bond motifs is 2. The molecule has 1 fully saturated rings. The van der Waals surface area contributed by atoms with Crippen LogP contribution in [0.2, 0.25) is 0 Å². The minimum atomic E-state index is 0.658. The first kappa shape index (κ1) is 20.6. The number of pyridine rings is 1.